The van der Waals surface area contributed by atoms with E-state index in [4.69, 9.17) is 0 Å². The first-order valence-corrected chi connectivity index (χ1v) is 11.6. The van der Waals surface area contributed by atoms with Gasteiger partial charge in [0, 0.05) is 24.6 Å². The van der Waals surface area contributed by atoms with Crippen LogP contribution in [0.3, 0.4) is 0 Å². The fourth-order valence-corrected chi connectivity index (χ4v) is 5.08. The average molecular weight is 467 g/mol. The van der Waals surface area contributed by atoms with Crippen LogP contribution in [0.25, 0.3) is 10.9 Å². The Morgan fingerprint density at radius 1 is 1.22 bits per heavy atom. The van der Waals surface area contributed by atoms with Crippen LogP contribution in [0.1, 0.15) is 12.6 Å². The highest BCUT2D eigenvalue weighted by Gasteiger charge is 2.21. The normalized spacial score (nSPS) is 10.9. The molecule has 0 fully saturated rings. The van der Waals surface area contributed by atoms with Crippen LogP contribution >= 0.6 is 23.1 Å². The van der Waals surface area contributed by atoms with Crippen molar-refractivity contribution in [3.63, 3.8) is 0 Å². The van der Waals surface area contributed by atoms with Crippen molar-refractivity contribution in [2.24, 2.45) is 0 Å². The van der Waals surface area contributed by atoms with E-state index in [0.29, 0.717) is 39.2 Å². The molecule has 0 spiro atoms. The second kappa shape index (κ2) is 9.46. The van der Waals surface area contributed by atoms with Gasteiger partial charge < -0.3 is 0 Å². The first kappa shape index (κ1) is 21.9. The van der Waals surface area contributed by atoms with Gasteiger partial charge in [0.1, 0.15) is 5.82 Å². The Bertz CT molecular complexity index is 1370. The van der Waals surface area contributed by atoms with E-state index in [1.165, 1.54) is 41.0 Å². The van der Waals surface area contributed by atoms with Gasteiger partial charge in [0.2, 0.25) is 5.91 Å². The third kappa shape index (κ3) is 4.35. The standard InChI is InChI=1S/C23H19FN4O2S2/c1-3-12-27-21(30)17-8-4-6-10-19(17)26-22(27)31-13-16-14-32-23(25-16)28(15(2)29)20-11-7-5-9-18(20)24/h3-11,14H,1,12-13H2,2H3. The number of carbonyl (C=O) groups is 1. The van der Waals surface area contributed by atoms with Crippen LogP contribution in [0.4, 0.5) is 15.2 Å². The number of para-hydroxylation sites is 2. The number of fused-ring (bicyclic) bond motifs is 1. The van der Waals surface area contributed by atoms with Crippen molar-refractivity contribution in [3.05, 3.63) is 88.4 Å². The summed E-state index contributed by atoms with van der Waals surface area (Å²) in [5.41, 5.74) is 1.36. The Kier molecular flexibility index (Phi) is 6.48. The van der Waals surface area contributed by atoms with Crippen LogP contribution in [0.2, 0.25) is 0 Å². The summed E-state index contributed by atoms with van der Waals surface area (Å²) in [7, 11) is 0. The monoisotopic (exact) mass is 466 g/mol. The number of halogens is 1. The molecule has 0 aliphatic rings. The topological polar surface area (TPSA) is 68.1 Å². The summed E-state index contributed by atoms with van der Waals surface area (Å²) in [6.45, 7) is 5.45. The maximum Gasteiger partial charge on any atom is 0.262 e. The Balaban J connectivity index is 1.62. The lowest BCUT2D eigenvalue weighted by molar-refractivity contribution is -0.115. The van der Waals surface area contributed by atoms with E-state index in [0.717, 1.165) is 0 Å². The fraction of sp³-hybridized carbons (Fsp3) is 0.130. The second-order valence-electron chi connectivity index (χ2n) is 6.83. The molecule has 32 heavy (non-hydrogen) atoms. The fourth-order valence-electron chi connectivity index (χ4n) is 3.19. The average Bonchev–Trinajstić information content (AvgIpc) is 3.24. The number of aromatic nitrogens is 3. The van der Waals surface area contributed by atoms with Gasteiger partial charge in [0.15, 0.2) is 10.3 Å². The Labute approximate surface area is 192 Å². The minimum absolute atomic E-state index is 0.126. The Morgan fingerprint density at radius 2 is 1.97 bits per heavy atom. The number of thiazole rings is 1. The first-order chi connectivity index (χ1) is 15.5. The maximum atomic E-state index is 14.3. The van der Waals surface area contributed by atoms with E-state index in [2.05, 4.69) is 16.5 Å². The van der Waals surface area contributed by atoms with Crippen LogP contribution in [0.5, 0.6) is 0 Å². The molecule has 6 nitrogen and oxygen atoms in total. The van der Waals surface area contributed by atoms with Crippen LogP contribution in [0, 0.1) is 5.82 Å². The third-order valence-corrected chi connectivity index (χ3v) is 6.51. The van der Waals surface area contributed by atoms with Crippen molar-refractivity contribution < 1.29 is 9.18 Å². The molecule has 4 aromatic rings. The molecular formula is C23H19FN4O2S2. The van der Waals surface area contributed by atoms with Crippen LogP contribution < -0.4 is 10.5 Å². The third-order valence-electron chi connectivity index (χ3n) is 4.63. The first-order valence-electron chi connectivity index (χ1n) is 9.72. The van der Waals surface area contributed by atoms with Gasteiger partial charge in [0.05, 0.1) is 22.3 Å². The van der Waals surface area contributed by atoms with Crippen LogP contribution in [0.15, 0.2) is 76.5 Å². The van der Waals surface area contributed by atoms with Gasteiger partial charge in [-0.25, -0.2) is 14.4 Å². The number of thioether (sulfide) groups is 1. The van der Waals surface area contributed by atoms with Crippen molar-refractivity contribution in [1.82, 2.24) is 14.5 Å². The smallest absolute Gasteiger partial charge is 0.262 e. The summed E-state index contributed by atoms with van der Waals surface area (Å²) in [6.07, 6.45) is 1.65. The summed E-state index contributed by atoms with van der Waals surface area (Å²) in [4.78, 5) is 35.5. The molecule has 1 amide bonds. The molecule has 0 aliphatic carbocycles. The van der Waals surface area contributed by atoms with E-state index in [1.54, 1.807) is 41.0 Å². The number of allylic oxidation sites excluding steroid dienone is 1. The molecule has 0 atom stereocenters. The Morgan fingerprint density at radius 3 is 2.72 bits per heavy atom. The molecule has 0 saturated heterocycles. The number of rotatable bonds is 7. The van der Waals surface area contributed by atoms with Crippen LogP contribution in [-0.4, -0.2) is 20.4 Å². The number of anilines is 2. The predicted molar refractivity (Wildman–Crippen MR) is 127 cm³/mol. The molecule has 0 aliphatic heterocycles. The SMILES string of the molecule is C=CCn1c(SCc2csc(N(C(C)=O)c3ccccc3F)n2)nc2ccccc2c1=O. The highest BCUT2D eigenvalue weighted by Crippen LogP contribution is 2.32. The molecule has 2 aromatic heterocycles. The quantitative estimate of drug-likeness (QED) is 0.214. The predicted octanol–water partition coefficient (Wildman–Crippen LogP) is 5.16. The molecule has 0 unspecified atom stereocenters. The van der Waals surface area contributed by atoms with Gasteiger partial charge in [-0.3, -0.25) is 19.1 Å². The highest BCUT2D eigenvalue weighted by atomic mass is 32.2. The van der Waals surface area contributed by atoms with Gasteiger partial charge in [-0.05, 0) is 24.3 Å². The number of hydrogen-bond acceptors (Lipinski definition) is 6. The number of amides is 1. The molecular weight excluding hydrogens is 447 g/mol. The molecule has 0 radical (unpaired) electrons. The summed E-state index contributed by atoms with van der Waals surface area (Å²) < 4.78 is 15.9. The zero-order chi connectivity index (χ0) is 22.7. The van der Waals surface area contributed by atoms with E-state index >= 15 is 0 Å². The number of benzene rings is 2. The molecule has 0 bridgehead atoms. The van der Waals surface area contributed by atoms with Gasteiger partial charge in [-0.15, -0.1) is 17.9 Å². The zero-order valence-electron chi connectivity index (χ0n) is 17.2. The number of hydrogen-bond donors (Lipinski definition) is 0. The molecule has 2 aromatic carbocycles. The van der Waals surface area contributed by atoms with Gasteiger partial charge in [-0.2, -0.15) is 0 Å². The second-order valence-corrected chi connectivity index (χ2v) is 8.61. The molecule has 162 valence electrons. The van der Waals surface area contributed by atoms with Gasteiger partial charge >= 0.3 is 0 Å². The van der Waals surface area contributed by atoms with Crippen molar-refractivity contribution in [2.45, 2.75) is 24.4 Å². The van der Waals surface area contributed by atoms with Gasteiger partial charge in [0.25, 0.3) is 5.56 Å². The Hall–Kier alpha value is -3.30. The summed E-state index contributed by atoms with van der Waals surface area (Å²) in [6, 6.07) is 13.3. The largest absolute Gasteiger partial charge is 0.283 e. The van der Waals surface area contributed by atoms with Crippen molar-refractivity contribution in [1.29, 1.82) is 0 Å². The maximum absolute atomic E-state index is 14.3. The number of nitrogens with zero attached hydrogens (tertiary/aromatic N) is 4. The van der Waals surface area contributed by atoms with Crippen LogP contribution in [-0.2, 0) is 17.1 Å². The van der Waals surface area contributed by atoms with Crippen molar-refractivity contribution in [2.75, 3.05) is 4.90 Å². The van der Waals surface area contributed by atoms with E-state index in [9.17, 15) is 14.0 Å². The molecule has 4 rings (SSSR count). The minimum atomic E-state index is -0.498. The highest BCUT2D eigenvalue weighted by molar-refractivity contribution is 7.98. The zero-order valence-corrected chi connectivity index (χ0v) is 18.8. The van der Waals surface area contributed by atoms with Crippen molar-refractivity contribution in [3.8, 4) is 0 Å². The molecule has 0 N–H and O–H groups in total. The minimum Gasteiger partial charge on any atom is -0.283 e. The lowest BCUT2D eigenvalue weighted by Crippen LogP contribution is -2.23. The molecule has 9 heteroatoms. The van der Waals surface area contributed by atoms with E-state index < -0.39 is 5.82 Å². The van der Waals surface area contributed by atoms with Gasteiger partial charge in [-0.1, -0.05) is 42.1 Å². The summed E-state index contributed by atoms with van der Waals surface area (Å²) in [5, 5.41) is 3.31. The lowest BCUT2D eigenvalue weighted by atomic mass is 10.2. The summed E-state index contributed by atoms with van der Waals surface area (Å²) >= 11 is 2.63. The van der Waals surface area contributed by atoms with E-state index in [-0.39, 0.29) is 17.2 Å². The van der Waals surface area contributed by atoms with E-state index in [1.807, 2.05) is 17.5 Å². The molecule has 2 heterocycles. The number of carbonyl (C=O) groups excluding carboxylic acids is 1. The lowest BCUT2D eigenvalue weighted by Gasteiger charge is -2.18. The summed E-state index contributed by atoms with van der Waals surface area (Å²) in [5.74, 6) is -0.399. The molecule has 0 saturated carbocycles. The van der Waals surface area contributed by atoms with Crippen molar-refractivity contribution >= 4 is 50.7 Å².